The summed E-state index contributed by atoms with van der Waals surface area (Å²) in [5, 5.41) is 8.04. The highest BCUT2D eigenvalue weighted by Gasteiger charge is 2.31. The molecule has 0 bridgehead atoms. The molecule has 1 atom stereocenters. The van der Waals surface area contributed by atoms with Gasteiger partial charge < -0.3 is 5.32 Å². The van der Waals surface area contributed by atoms with Crippen LogP contribution in [0, 0.1) is 0 Å². The number of aromatic nitrogens is 1. The summed E-state index contributed by atoms with van der Waals surface area (Å²) in [6.45, 7) is 0. The van der Waals surface area contributed by atoms with E-state index in [1.54, 1.807) is 17.6 Å². The predicted molar refractivity (Wildman–Crippen MR) is 85.1 cm³/mol. The summed E-state index contributed by atoms with van der Waals surface area (Å²) in [5.74, 6) is -0.0101. The van der Waals surface area contributed by atoms with E-state index in [0.29, 0.717) is 22.1 Å². The fraction of sp³-hybridized carbons (Fsp3) is 0.231. The van der Waals surface area contributed by atoms with Crippen LogP contribution in [0.4, 0.5) is 9.93 Å². The molecule has 2 N–H and O–H groups in total. The predicted octanol–water partition coefficient (Wildman–Crippen LogP) is 2.84. The number of amides is 2. The lowest BCUT2D eigenvalue weighted by molar-refractivity contribution is 0.248. The topological polar surface area (TPSA) is 88.2 Å². The second kappa shape index (κ2) is 5.86. The molecule has 9 heteroatoms. The van der Waals surface area contributed by atoms with Crippen LogP contribution in [-0.4, -0.2) is 25.2 Å². The molecule has 6 nitrogen and oxygen atoms in total. The van der Waals surface area contributed by atoms with Crippen molar-refractivity contribution in [2.75, 3.05) is 11.1 Å². The number of anilines is 1. The Bertz CT molecular complexity index is 806. The molecule has 0 unspecified atom stereocenters. The minimum Gasteiger partial charge on any atom is -0.331 e. The summed E-state index contributed by atoms with van der Waals surface area (Å²) < 4.78 is 24.2. The van der Waals surface area contributed by atoms with Gasteiger partial charge in [0.15, 0.2) is 15.0 Å². The number of thiazole rings is 1. The van der Waals surface area contributed by atoms with E-state index in [0.717, 1.165) is 0 Å². The second-order valence-electron chi connectivity index (χ2n) is 4.78. The monoisotopic (exact) mass is 357 g/mol. The zero-order chi connectivity index (χ0) is 15.7. The first-order valence-electron chi connectivity index (χ1n) is 6.45. The van der Waals surface area contributed by atoms with Crippen molar-refractivity contribution in [1.29, 1.82) is 0 Å². The number of fused-ring (bicyclic) bond motifs is 1. The number of nitrogens with zero attached hydrogens (tertiary/aromatic N) is 1. The molecular formula is C13H12ClN3O3S2. The number of carbonyl (C=O) groups excluding carboxylic acids is 1. The second-order valence-corrected chi connectivity index (χ2v) is 8.19. The molecule has 1 aromatic carbocycles. The Hall–Kier alpha value is -1.64. The molecule has 2 amide bonds. The highest BCUT2D eigenvalue weighted by atomic mass is 35.5. The van der Waals surface area contributed by atoms with Crippen LogP contribution in [0.2, 0.25) is 5.02 Å². The lowest BCUT2D eigenvalue weighted by Gasteiger charge is -2.26. The lowest BCUT2D eigenvalue weighted by atomic mass is 10.0. The Morgan fingerprint density at radius 3 is 2.95 bits per heavy atom. The summed E-state index contributed by atoms with van der Waals surface area (Å²) in [4.78, 5) is 16.2. The van der Waals surface area contributed by atoms with Crippen molar-refractivity contribution in [2.24, 2.45) is 0 Å². The van der Waals surface area contributed by atoms with Gasteiger partial charge in [-0.3, -0.25) is 5.32 Å². The van der Waals surface area contributed by atoms with Gasteiger partial charge >= 0.3 is 6.03 Å². The van der Waals surface area contributed by atoms with Gasteiger partial charge in [-0.15, -0.1) is 11.3 Å². The fourth-order valence-corrected chi connectivity index (χ4v) is 4.65. The molecule has 0 aliphatic carbocycles. The number of nitrogens with one attached hydrogen (secondary N) is 2. The lowest BCUT2D eigenvalue weighted by Crippen LogP contribution is -2.36. The zero-order valence-electron chi connectivity index (χ0n) is 11.2. The van der Waals surface area contributed by atoms with E-state index in [1.165, 1.54) is 23.5 Å². The minimum atomic E-state index is -3.32. The molecule has 2 aromatic rings. The van der Waals surface area contributed by atoms with E-state index in [-0.39, 0.29) is 10.6 Å². The average molecular weight is 358 g/mol. The molecule has 3 rings (SSSR count). The maximum absolute atomic E-state index is 12.1. The van der Waals surface area contributed by atoms with E-state index in [4.69, 9.17) is 11.6 Å². The van der Waals surface area contributed by atoms with Crippen LogP contribution in [0.5, 0.6) is 0 Å². The van der Waals surface area contributed by atoms with Crippen LogP contribution >= 0.6 is 22.9 Å². The molecule has 1 aliphatic rings. The Morgan fingerprint density at radius 1 is 1.41 bits per heavy atom. The zero-order valence-corrected chi connectivity index (χ0v) is 13.6. The molecule has 0 saturated heterocycles. The first-order valence-corrected chi connectivity index (χ1v) is 9.36. The van der Waals surface area contributed by atoms with Crippen molar-refractivity contribution in [3.8, 4) is 0 Å². The number of hydrogen-bond donors (Lipinski definition) is 2. The molecule has 2 heterocycles. The van der Waals surface area contributed by atoms with E-state index in [9.17, 15) is 13.2 Å². The fourth-order valence-electron chi connectivity index (χ4n) is 2.34. The largest absolute Gasteiger partial charge is 0.331 e. The van der Waals surface area contributed by atoms with E-state index in [2.05, 4.69) is 15.6 Å². The van der Waals surface area contributed by atoms with Crippen LogP contribution in [-0.2, 0) is 9.84 Å². The summed E-state index contributed by atoms with van der Waals surface area (Å²) in [6.07, 6.45) is 1.89. The third-order valence-electron chi connectivity index (χ3n) is 3.32. The molecular weight excluding hydrogens is 346 g/mol. The van der Waals surface area contributed by atoms with Crippen molar-refractivity contribution in [2.45, 2.75) is 17.4 Å². The van der Waals surface area contributed by atoms with Crippen molar-refractivity contribution in [1.82, 2.24) is 10.3 Å². The molecule has 0 saturated carbocycles. The smallest absolute Gasteiger partial charge is 0.321 e. The number of hydrogen-bond acceptors (Lipinski definition) is 5. The van der Waals surface area contributed by atoms with Crippen molar-refractivity contribution in [3.63, 3.8) is 0 Å². The Morgan fingerprint density at radius 2 is 2.23 bits per heavy atom. The number of halogens is 1. The van der Waals surface area contributed by atoms with E-state index >= 15 is 0 Å². The number of benzene rings is 1. The van der Waals surface area contributed by atoms with Gasteiger partial charge in [-0.05, 0) is 30.2 Å². The summed E-state index contributed by atoms with van der Waals surface area (Å²) in [7, 11) is -3.32. The van der Waals surface area contributed by atoms with Gasteiger partial charge in [0.25, 0.3) is 0 Å². The highest BCUT2D eigenvalue weighted by Crippen LogP contribution is 2.34. The van der Waals surface area contributed by atoms with Crippen LogP contribution in [0.15, 0.2) is 34.7 Å². The Labute approximate surface area is 136 Å². The molecule has 0 spiro atoms. The van der Waals surface area contributed by atoms with E-state index in [1.807, 2.05) is 0 Å². The summed E-state index contributed by atoms with van der Waals surface area (Å²) in [6, 6.07) is 3.78. The average Bonchev–Trinajstić information content (AvgIpc) is 2.94. The quantitative estimate of drug-likeness (QED) is 0.865. The van der Waals surface area contributed by atoms with Crippen molar-refractivity contribution in [3.05, 3.63) is 40.4 Å². The molecule has 22 heavy (non-hydrogen) atoms. The van der Waals surface area contributed by atoms with Gasteiger partial charge in [-0.25, -0.2) is 18.2 Å². The first kappa shape index (κ1) is 15.3. The number of sulfone groups is 1. The maximum atomic E-state index is 12.1. The Balaban J connectivity index is 1.83. The van der Waals surface area contributed by atoms with Gasteiger partial charge in [0.1, 0.15) is 0 Å². The molecule has 1 aromatic heterocycles. The van der Waals surface area contributed by atoms with Crippen LogP contribution in [0.25, 0.3) is 0 Å². The van der Waals surface area contributed by atoms with Gasteiger partial charge in [0, 0.05) is 16.6 Å². The van der Waals surface area contributed by atoms with Crippen LogP contribution < -0.4 is 10.6 Å². The number of carbonyl (C=O) groups is 1. The van der Waals surface area contributed by atoms with Gasteiger partial charge in [0.2, 0.25) is 0 Å². The number of urea groups is 1. The molecule has 0 radical (unpaired) electrons. The van der Waals surface area contributed by atoms with E-state index < -0.39 is 21.9 Å². The SMILES string of the molecule is O=C(Nc1nccs1)N[C@@H]1CCS(=O)(=O)c2ccc(Cl)cc21. The maximum Gasteiger partial charge on any atom is 0.321 e. The standard InChI is InChI=1S/C13H12ClN3O3S2/c14-8-1-2-11-9(7-8)10(3-6-22(11,19)20)16-12(18)17-13-15-4-5-21-13/h1-2,4-5,7,10H,3,6H2,(H2,15,16,17,18)/t10-/m1/s1. The molecule has 116 valence electrons. The summed E-state index contributed by atoms with van der Waals surface area (Å²) in [5.41, 5.74) is 0.521. The third kappa shape index (κ3) is 3.08. The van der Waals surface area contributed by atoms with Gasteiger partial charge in [-0.2, -0.15) is 0 Å². The highest BCUT2D eigenvalue weighted by molar-refractivity contribution is 7.91. The normalized spacial score (nSPS) is 19.2. The molecule has 1 aliphatic heterocycles. The minimum absolute atomic E-state index is 0.0101. The van der Waals surface area contributed by atoms with Crippen LogP contribution in [0.3, 0.4) is 0 Å². The Kier molecular flexibility index (Phi) is 4.07. The first-order chi connectivity index (χ1) is 10.5. The van der Waals surface area contributed by atoms with Gasteiger partial charge in [0.05, 0.1) is 16.7 Å². The van der Waals surface area contributed by atoms with Gasteiger partial charge in [-0.1, -0.05) is 11.6 Å². The van der Waals surface area contributed by atoms with Crippen molar-refractivity contribution >= 4 is 43.9 Å². The van der Waals surface area contributed by atoms with Crippen LogP contribution in [0.1, 0.15) is 18.0 Å². The third-order valence-corrected chi connectivity index (χ3v) is 6.05. The van der Waals surface area contributed by atoms with Crippen molar-refractivity contribution < 1.29 is 13.2 Å². The summed E-state index contributed by atoms with van der Waals surface area (Å²) >= 11 is 7.26. The molecule has 0 fully saturated rings. The number of rotatable bonds is 2.